The Morgan fingerprint density at radius 3 is 2.67 bits per heavy atom. The number of esters is 1. The number of nitro groups is 1. The van der Waals surface area contributed by atoms with Crippen LogP contribution in [-0.4, -0.2) is 32.8 Å². The minimum Gasteiger partial charge on any atom is -0.456 e. The van der Waals surface area contributed by atoms with Crippen LogP contribution >= 0.6 is 22.9 Å². The maximum atomic E-state index is 12.7. The van der Waals surface area contributed by atoms with E-state index >= 15 is 0 Å². The Morgan fingerprint density at radius 1 is 1.33 bits per heavy atom. The van der Waals surface area contributed by atoms with Gasteiger partial charge in [0.2, 0.25) is 0 Å². The van der Waals surface area contributed by atoms with E-state index in [1.165, 1.54) is 23.5 Å². The quantitative estimate of drug-likeness (QED) is 0.291. The van der Waals surface area contributed by atoms with E-state index in [4.69, 9.17) is 16.3 Å². The summed E-state index contributed by atoms with van der Waals surface area (Å²) in [6.07, 6.45) is 0. The summed E-state index contributed by atoms with van der Waals surface area (Å²) in [4.78, 5) is 56.5. The standard InChI is InChI=1S/C21H21ClN4O6S/c1-9(2)17(25-18(27)12-5-6-13(22)14(7-12)26(30)31)21(29)32-8-15-23-19(28)16-10(3)11(4)33-20(16)24-15/h5-7,9,17H,8H2,1-4H3,(H,25,27)(H,23,24,28)/t17-/m0/s1. The van der Waals surface area contributed by atoms with Crippen LogP contribution in [0.2, 0.25) is 5.02 Å². The van der Waals surface area contributed by atoms with Gasteiger partial charge in [-0.1, -0.05) is 25.4 Å². The molecule has 1 aromatic carbocycles. The molecule has 12 heteroatoms. The lowest BCUT2D eigenvalue weighted by molar-refractivity contribution is -0.384. The number of carbonyl (C=O) groups is 2. The van der Waals surface area contributed by atoms with E-state index in [2.05, 4.69) is 15.3 Å². The fourth-order valence-electron chi connectivity index (χ4n) is 3.11. The molecule has 0 radical (unpaired) electrons. The summed E-state index contributed by atoms with van der Waals surface area (Å²) in [6.45, 7) is 6.87. The summed E-state index contributed by atoms with van der Waals surface area (Å²) in [7, 11) is 0. The number of rotatable bonds is 7. The molecule has 0 saturated heterocycles. The highest BCUT2D eigenvalue weighted by molar-refractivity contribution is 7.18. The fraction of sp³-hybridized carbons (Fsp3) is 0.333. The van der Waals surface area contributed by atoms with E-state index in [1.54, 1.807) is 13.8 Å². The van der Waals surface area contributed by atoms with E-state index in [1.807, 2.05) is 13.8 Å². The van der Waals surface area contributed by atoms with Gasteiger partial charge >= 0.3 is 5.97 Å². The lowest BCUT2D eigenvalue weighted by Gasteiger charge is -2.20. The van der Waals surface area contributed by atoms with Crippen molar-refractivity contribution in [3.8, 4) is 0 Å². The molecule has 0 aliphatic heterocycles. The molecule has 174 valence electrons. The van der Waals surface area contributed by atoms with Crippen molar-refractivity contribution in [3.63, 3.8) is 0 Å². The largest absolute Gasteiger partial charge is 0.456 e. The number of aromatic amines is 1. The number of amides is 1. The highest BCUT2D eigenvalue weighted by atomic mass is 35.5. The van der Waals surface area contributed by atoms with Crippen molar-refractivity contribution in [1.29, 1.82) is 0 Å². The monoisotopic (exact) mass is 492 g/mol. The number of H-pyrrole nitrogens is 1. The number of thiophene rings is 1. The number of hydrogen-bond donors (Lipinski definition) is 2. The van der Waals surface area contributed by atoms with Gasteiger partial charge in [-0.05, 0) is 37.5 Å². The number of nitro benzene ring substituents is 1. The van der Waals surface area contributed by atoms with E-state index in [0.29, 0.717) is 10.2 Å². The summed E-state index contributed by atoms with van der Waals surface area (Å²) in [5.41, 5.74) is 0.102. The van der Waals surface area contributed by atoms with Crippen LogP contribution in [0.5, 0.6) is 0 Å². The van der Waals surface area contributed by atoms with Gasteiger partial charge in [0.15, 0.2) is 0 Å². The van der Waals surface area contributed by atoms with Crippen molar-refractivity contribution in [1.82, 2.24) is 15.3 Å². The minimum atomic E-state index is -1.03. The van der Waals surface area contributed by atoms with Gasteiger partial charge in [0.05, 0.1) is 10.3 Å². The predicted molar refractivity (Wildman–Crippen MR) is 124 cm³/mol. The van der Waals surface area contributed by atoms with Crippen LogP contribution in [0.25, 0.3) is 10.2 Å². The van der Waals surface area contributed by atoms with Gasteiger partial charge in [-0.2, -0.15) is 0 Å². The zero-order chi connectivity index (χ0) is 24.4. The number of nitrogens with one attached hydrogen (secondary N) is 2. The molecular weight excluding hydrogens is 472 g/mol. The lowest BCUT2D eigenvalue weighted by Crippen LogP contribution is -2.45. The van der Waals surface area contributed by atoms with Gasteiger partial charge in [0.25, 0.3) is 17.2 Å². The van der Waals surface area contributed by atoms with Gasteiger partial charge in [-0.15, -0.1) is 11.3 Å². The number of benzene rings is 1. The molecule has 0 spiro atoms. The molecule has 3 rings (SSSR count). The van der Waals surface area contributed by atoms with Crippen LogP contribution in [0.3, 0.4) is 0 Å². The first-order valence-electron chi connectivity index (χ1n) is 9.90. The van der Waals surface area contributed by atoms with Crippen molar-refractivity contribution in [2.24, 2.45) is 5.92 Å². The molecule has 2 N–H and O–H groups in total. The minimum absolute atomic E-state index is 0.0237. The SMILES string of the molecule is Cc1sc2nc(COC(=O)[C@@H](NC(=O)c3ccc(Cl)c([N+](=O)[O-])c3)C(C)C)[nH]c(=O)c2c1C. The third-order valence-electron chi connectivity index (χ3n) is 5.05. The third-order valence-corrected chi connectivity index (χ3v) is 6.47. The molecule has 1 amide bonds. The van der Waals surface area contributed by atoms with Gasteiger partial charge in [-0.25, -0.2) is 9.78 Å². The molecule has 1 atom stereocenters. The Kier molecular flexibility index (Phi) is 7.13. The Bertz CT molecular complexity index is 1320. The number of carbonyl (C=O) groups excluding carboxylic acids is 2. The van der Waals surface area contributed by atoms with Crippen molar-refractivity contribution in [2.75, 3.05) is 0 Å². The number of nitrogens with zero attached hydrogens (tertiary/aromatic N) is 2. The summed E-state index contributed by atoms with van der Waals surface area (Å²) in [5.74, 6) is -1.59. The van der Waals surface area contributed by atoms with Crippen LogP contribution in [0.4, 0.5) is 5.69 Å². The predicted octanol–water partition coefficient (Wildman–Crippen LogP) is 3.66. The molecule has 0 saturated carbocycles. The lowest BCUT2D eigenvalue weighted by atomic mass is 10.0. The Labute approximate surface area is 197 Å². The average Bonchev–Trinajstić information content (AvgIpc) is 3.03. The second kappa shape index (κ2) is 9.67. The normalized spacial score (nSPS) is 12.1. The number of aryl methyl sites for hydroxylation is 2. The van der Waals surface area contributed by atoms with Crippen LogP contribution < -0.4 is 10.9 Å². The molecule has 2 heterocycles. The molecule has 3 aromatic rings. The second-order valence-corrected chi connectivity index (χ2v) is 9.31. The molecule has 33 heavy (non-hydrogen) atoms. The Hall–Kier alpha value is -3.31. The van der Waals surface area contributed by atoms with Crippen molar-refractivity contribution < 1.29 is 19.2 Å². The van der Waals surface area contributed by atoms with Crippen molar-refractivity contribution in [3.05, 3.63) is 65.5 Å². The number of hydrogen-bond acceptors (Lipinski definition) is 8. The first-order chi connectivity index (χ1) is 15.5. The van der Waals surface area contributed by atoms with Crippen molar-refractivity contribution in [2.45, 2.75) is 40.3 Å². The summed E-state index contributed by atoms with van der Waals surface area (Å²) in [6, 6.07) is 2.56. The smallest absolute Gasteiger partial charge is 0.329 e. The summed E-state index contributed by atoms with van der Waals surface area (Å²) < 4.78 is 5.30. The molecule has 10 nitrogen and oxygen atoms in total. The topological polar surface area (TPSA) is 144 Å². The Morgan fingerprint density at radius 2 is 2.03 bits per heavy atom. The van der Waals surface area contributed by atoms with Crippen LogP contribution in [0.15, 0.2) is 23.0 Å². The molecular formula is C21H21ClN4O6S. The third kappa shape index (κ3) is 5.20. The molecule has 0 unspecified atom stereocenters. The van der Waals surface area contributed by atoms with Crippen LogP contribution in [-0.2, 0) is 16.1 Å². The van der Waals surface area contributed by atoms with E-state index in [9.17, 15) is 24.5 Å². The van der Waals surface area contributed by atoms with E-state index in [-0.39, 0.29) is 34.5 Å². The van der Waals surface area contributed by atoms with Gasteiger partial charge in [0, 0.05) is 16.5 Å². The second-order valence-electron chi connectivity index (χ2n) is 7.70. The highest BCUT2D eigenvalue weighted by Crippen LogP contribution is 2.26. The molecule has 0 bridgehead atoms. The maximum Gasteiger partial charge on any atom is 0.329 e. The number of fused-ring (bicyclic) bond motifs is 1. The zero-order valence-corrected chi connectivity index (χ0v) is 19.8. The number of halogens is 1. The molecule has 0 fully saturated rings. The van der Waals surface area contributed by atoms with Crippen LogP contribution in [0.1, 0.15) is 40.5 Å². The first kappa shape index (κ1) is 24.3. The molecule has 0 aliphatic rings. The van der Waals surface area contributed by atoms with Crippen LogP contribution in [0, 0.1) is 29.9 Å². The first-order valence-corrected chi connectivity index (χ1v) is 11.1. The van der Waals surface area contributed by atoms with Gasteiger partial charge in [0.1, 0.15) is 28.3 Å². The zero-order valence-electron chi connectivity index (χ0n) is 18.2. The Balaban J connectivity index is 1.74. The van der Waals surface area contributed by atoms with Gasteiger partial charge < -0.3 is 15.0 Å². The highest BCUT2D eigenvalue weighted by Gasteiger charge is 2.27. The molecule has 0 aliphatic carbocycles. The van der Waals surface area contributed by atoms with E-state index < -0.39 is 28.5 Å². The number of aromatic nitrogens is 2. The van der Waals surface area contributed by atoms with E-state index in [0.717, 1.165) is 16.5 Å². The maximum absolute atomic E-state index is 12.7. The van der Waals surface area contributed by atoms with Gasteiger partial charge in [-0.3, -0.25) is 19.7 Å². The van der Waals surface area contributed by atoms with Crippen molar-refractivity contribution >= 4 is 50.7 Å². The summed E-state index contributed by atoms with van der Waals surface area (Å²) in [5, 5.41) is 14.0. The average molecular weight is 493 g/mol. The fourth-order valence-corrected chi connectivity index (χ4v) is 4.35. The summed E-state index contributed by atoms with van der Waals surface area (Å²) >= 11 is 7.16. The molecule has 2 aromatic heterocycles. The number of ether oxygens (including phenoxy) is 1.